The molecule has 0 bridgehead atoms. The third-order valence-electron chi connectivity index (χ3n) is 6.03. The SMILES string of the molecule is Cn1ncc2cc(-c3cn(CCCO)c4cnc(N)nc34)cc(-c3cc4ccccc4s3)c21. The van der Waals surface area contributed by atoms with Gasteiger partial charge in [-0.1, -0.05) is 18.2 Å². The van der Waals surface area contributed by atoms with E-state index in [0.29, 0.717) is 13.0 Å². The summed E-state index contributed by atoms with van der Waals surface area (Å²) in [6.07, 6.45) is 6.40. The maximum Gasteiger partial charge on any atom is 0.220 e. The number of aliphatic hydroxyl groups is 1. The van der Waals surface area contributed by atoms with Crippen LogP contribution in [0, 0.1) is 0 Å². The predicted octanol–water partition coefficient (Wildman–Crippen LogP) is 4.83. The molecule has 8 heteroatoms. The first-order valence-electron chi connectivity index (χ1n) is 10.8. The van der Waals surface area contributed by atoms with Crippen molar-refractivity contribution in [2.24, 2.45) is 7.05 Å². The summed E-state index contributed by atoms with van der Waals surface area (Å²) < 4.78 is 5.28. The zero-order chi connectivity index (χ0) is 22.5. The fourth-order valence-corrected chi connectivity index (χ4v) is 5.58. The van der Waals surface area contributed by atoms with Crippen LogP contribution in [0.4, 0.5) is 5.95 Å². The number of aromatic nitrogens is 5. The number of fused-ring (bicyclic) bond motifs is 3. The number of nitrogens with two attached hydrogens (primary N) is 1. The lowest BCUT2D eigenvalue weighted by molar-refractivity contribution is 0.280. The molecule has 0 saturated carbocycles. The highest BCUT2D eigenvalue weighted by Gasteiger charge is 2.18. The molecule has 2 aromatic carbocycles. The number of aliphatic hydroxyl groups excluding tert-OH is 1. The molecule has 7 nitrogen and oxygen atoms in total. The molecule has 0 fully saturated rings. The van der Waals surface area contributed by atoms with Gasteiger partial charge in [0.25, 0.3) is 0 Å². The van der Waals surface area contributed by atoms with Crippen molar-refractivity contribution >= 4 is 49.3 Å². The standard InChI is InChI=1S/C25H22N6OS/c1-30-24-17(12-28-30)9-16(10-18(24)22-11-15-5-2-3-6-21(15)33-22)19-14-31(7-4-8-32)20-13-27-25(26)29-23(19)20/h2-3,5-6,9-14,32H,4,7-8H2,1H3,(H2,26,27,29). The molecule has 0 spiro atoms. The van der Waals surface area contributed by atoms with Gasteiger partial charge in [0.05, 0.1) is 23.4 Å². The van der Waals surface area contributed by atoms with E-state index in [4.69, 9.17) is 5.73 Å². The third-order valence-corrected chi connectivity index (χ3v) is 7.18. The van der Waals surface area contributed by atoms with Crippen molar-refractivity contribution in [1.82, 2.24) is 24.3 Å². The van der Waals surface area contributed by atoms with Crippen LogP contribution in [0.1, 0.15) is 6.42 Å². The predicted molar refractivity (Wildman–Crippen MR) is 134 cm³/mol. The number of hydrogen-bond acceptors (Lipinski definition) is 6. The maximum atomic E-state index is 9.34. The fraction of sp³-hybridized carbons (Fsp3) is 0.160. The molecule has 0 aliphatic carbocycles. The largest absolute Gasteiger partial charge is 0.396 e. The summed E-state index contributed by atoms with van der Waals surface area (Å²) in [4.78, 5) is 9.96. The maximum absolute atomic E-state index is 9.34. The molecule has 3 N–H and O–H groups in total. The summed E-state index contributed by atoms with van der Waals surface area (Å²) in [6, 6.07) is 15.1. The minimum Gasteiger partial charge on any atom is -0.396 e. The molecule has 33 heavy (non-hydrogen) atoms. The number of nitrogens with zero attached hydrogens (tertiary/aromatic N) is 5. The molecule has 0 atom stereocenters. The first kappa shape index (κ1) is 19.9. The van der Waals surface area contributed by atoms with Crippen molar-refractivity contribution in [3.8, 4) is 21.6 Å². The molecule has 164 valence electrons. The summed E-state index contributed by atoms with van der Waals surface area (Å²) in [5, 5.41) is 16.2. The van der Waals surface area contributed by atoms with E-state index in [1.165, 1.54) is 15.0 Å². The van der Waals surface area contributed by atoms with E-state index < -0.39 is 0 Å². The lowest BCUT2D eigenvalue weighted by Gasteiger charge is -2.07. The van der Waals surface area contributed by atoms with Crippen molar-refractivity contribution in [3.63, 3.8) is 0 Å². The molecule has 0 aliphatic heterocycles. The van der Waals surface area contributed by atoms with Gasteiger partial charge in [0.2, 0.25) is 5.95 Å². The first-order chi connectivity index (χ1) is 16.1. The van der Waals surface area contributed by atoms with Gasteiger partial charge >= 0.3 is 0 Å². The van der Waals surface area contributed by atoms with Crippen LogP contribution in [-0.4, -0.2) is 36.0 Å². The second-order valence-corrected chi connectivity index (χ2v) is 9.24. The average molecular weight is 455 g/mol. The van der Waals surface area contributed by atoms with Gasteiger partial charge in [0.1, 0.15) is 5.52 Å². The lowest BCUT2D eigenvalue weighted by Crippen LogP contribution is -2.00. The molecule has 0 saturated heterocycles. The van der Waals surface area contributed by atoms with E-state index in [-0.39, 0.29) is 12.6 Å². The number of thiophene rings is 1. The van der Waals surface area contributed by atoms with E-state index in [0.717, 1.165) is 38.6 Å². The smallest absolute Gasteiger partial charge is 0.220 e. The number of anilines is 1. The van der Waals surface area contributed by atoms with E-state index >= 15 is 0 Å². The monoisotopic (exact) mass is 454 g/mol. The number of aryl methyl sites for hydroxylation is 2. The summed E-state index contributed by atoms with van der Waals surface area (Å²) >= 11 is 1.78. The summed E-state index contributed by atoms with van der Waals surface area (Å²) in [5.74, 6) is 0.246. The fourth-order valence-electron chi connectivity index (χ4n) is 4.50. The highest BCUT2D eigenvalue weighted by Crippen LogP contribution is 2.41. The Bertz CT molecular complexity index is 1610. The quantitative estimate of drug-likeness (QED) is 0.389. The number of hydrogen-bond donors (Lipinski definition) is 2. The summed E-state index contributed by atoms with van der Waals surface area (Å²) in [7, 11) is 1.98. The second-order valence-electron chi connectivity index (χ2n) is 8.15. The van der Waals surface area contributed by atoms with Crippen LogP contribution >= 0.6 is 11.3 Å². The van der Waals surface area contributed by atoms with E-state index in [1.807, 2.05) is 17.9 Å². The zero-order valence-corrected chi connectivity index (χ0v) is 18.9. The Morgan fingerprint density at radius 1 is 1.06 bits per heavy atom. The topological polar surface area (TPSA) is 94.8 Å². The average Bonchev–Trinajstić information content (AvgIpc) is 3.52. The van der Waals surface area contributed by atoms with Crippen molar-refractivity contribution in [1.29, 1.82) is 0 Å². The summed E-state index contributed by atoms with van der Waals surface area (Å²) in [5.41, 5.74) is 12.0. The van der Waals surface area contributed by atoms with Crippen LogP contribution in [0.25, 0.3) is 53.6 Å². The molecule has 0 radical (unpaired) electrons. The molecule has 0 amide bonds. The van der Waals surface area contributed by atoms with Crippen molar-refractivity contribution in [2.45, 2.75) is 13.0 Å². The van der Waals surface area contributed by atoms with Crippen LogP contribution in [0.15, 0.2) is 61.1 Å². The van der Waals surface area contributed by atoms with Crippen molar-refractivity contribution in [2.75, 3.05) is 12.3 Å². The highest BCUT2D eigenvalue weighted by molar-refractivity contribution is 7.22. The van der Waals surface area contributed by atoms with Crippen LogP contribution in [0.2, 0.25) is 0 Å². The van der Waals surface area contributed by atoms with Gasteiger partial charge in [-0.2, -0.15) is 5.10 Å². The minimum absolute atomic E-state index is 0.128. The van der Waals surface area contributed by atoms with Gasteiger partial charge in [-0.25, -0.2) is 9.97 Å². The Labute approximate surface area is 193 Å². The Morgan fingerprint density at radius 3 is 2.79 bits per heavy atom. The first-order valence-corrected chi connectivity index (χ1v) is 11.6. The van der Waals surface area contributed by atoms with Crippen molar-refractivity contribution in [3.05, 3.63) is 61.1 Å². The molecule has 0 aliphatic rings. The molecule has 0 unspecified atom stereocenters. The molecule has 4 heterocycles. The molecule has 4 aromatic heterocycles. The van der Waals surface area contributed by atoms with Gasteiger partial charge in [-0.15, -0.1) is 11.3 Å². The van der Waals surface area contributed by atoms with Gasteiger partial charge < -0.3 is 15.4 Å². The Hall–Kier alpha value is -3.75. The third kappa shape index (κ3) is 3.26. The lowest BCUT2D eigenvalue weighted by atomic mass is 10.0. The van der Waals surface area contributed by atoms with Gasteiger partial charge in [0, 0.05) is 52.5 Å². The molecular weight excluding hydrogens is 432 g/mol. The van der Waals surface area contributed by atoms with Crippen LogP contribution in [0.3, 0.4) is 0 Å². The van der Waals surface area contributed by atoms with Gasteiger partial charge in [0.15, 0.2) is 0 Å². The molecule has 6 aromatic rings. The van der Waals surface area contributed by atoms with Crippen LogP contribution in [-0.2, 0) is 13.6 Å². The van der Waals surface area contributed by atoms with E-state index in [2.05, 4.69) is 68.3 Å². The van der Waals surface area contributed by atoms with E-state index in [9.17, 15) is 5.11 Å². The summed E-state index contributed by atoms with van der Waals surface area (Å²) in [6.45, 7) is 0.807. The van der Waals surface area contributed by atoms with Crippen LogP contribution < -0.4 is 5.73 Å². The number of rotatable bonds is 5. The molecule has 6 rings (SSSR count). The normalized spacial score (nSPS) is 11.8. The zero-order valence-electron chi connectivity index (χ0n) is 18.1. The Morgan fingerprint density at radius 2 is 1.94 bits per heavy atom. The second kappa shape index (κ2) is 7.68. The van der Waals surface area contributed by atoms with E-state index in [1.54, 1.807) is 17.5 Å². The Balaban J connectivity index is 1.61. The Kier molecular flexibility index (Phi) is 4.63. The van der Waals surface area contributed by atoms with Gasteiger partial charge in [-0.3, -0.25) is 4.68 Å². The number of benzene rings is 2. The molecular formula is C25H22N6OS. The van der Waals surface area contributed by atoms with Crippen LogP contribution in [0.5, 0.6) is 0 Å². The highest BCUT2D eigenvalue weighted by atomic mass is 32.1. The number of nitrogen functional groups attached to an aromatic ring is 1. The minimum atomic E-state index is 0.128. The van der Waals surface area contributed by atoms with Crippen molar-refractivity contribution < 1.29 is 5.11 Å². The van der Waals surface area contributed by atoms with Gasteiger partial charge in [-0.05, 0) is 41.6 Å².